The van der Waals surface area contributed by atoms with Crippen LogP contribution in [-0.4, -0.2) is 67.5 Å². The van der Waals surface area contributed by atoms with Gasteiger partial charge in [0.15, 0.2) is 0 Å². The van der Waals surface area contributed by atoms with Crippen LogP contribution in [0.15, 0.2) is 30.3 Å². The molecule has 0 aliphatic carbocycles. The van der Waals surface area contributed by atoms with Gasteiger partial charge in [0.1, 0.15) is 31.5 Å². The first kappa shape index (κ1) is 16.2. The smallest absolute Gasteiger partial charge is 0.410 e. The van der Waals surface area contributed by atoms with E-state index in [4.69, 9.17) is 18.9 Å². The molecular formula is C16H21NO6. The number of ether oxygens (including phenoxy) is 4. The average molecular weight is 323 g/mol. The van der Waals surface area contributed by atoms with Crippen LogP contribution >= 0.6 is 0 Å². The van der Waals surface area contributed by atoms with E-state index in [0.29, 0.717) is 0 Å². The van der Waals surface area contributed by atoms with Gasteiger partial charge in [0, 0.05) is 14.2 Å². The third-order valence-corrected chi connectivity index (χ3v) is 4.47. The Morgan fingerprint density at radius 3 is 2.70 bits per heavy atom. The predicted octanol–water partition coefficient (Wildman–Crippen LogP) is 0.756. The van der Waals surface area contributed by atoms with Crippen molar-refractivity contribution < 1.29 is 28.8 Å². The minimum atomic E-state index is -1.09. The first-order valence-corrected chi connectivity index (χ1v) is 7.48. The van der Waals surface area contributed by atoms with E-state index in [2.05, 4.69) is 0 Å². The zero-order chi connectivity index (χ0) is 16.4. The minimum Gasteiger partial charge on any atom is -0.445 e. The molecular weight excluding hydrogens is 302 g/mol. The Bertz CT molecular complexity index is 547. The molecule has 0 saturated carbocycles. The lowest BCUT2D eigenvalue weighted by Gasteiger charge is -2.35. The first-order chi connectivity index (χ1) is 11.1. The summed E-state index contributed by atoms with van der Waals surface area (Å²) < 4.78 is 21.8. The molecule has 0 radical (unpaired) electrons. The van der Waals surface area contributed by atoms with E-state index in [1.54, 1.807) is 0 Å². The highest BCUT2D eigenvalue weighted by molar-refractivity contribution is 5.69. The number of likely N-dealkylation sites (tertiary alicyclic amines) is 1. The topological polar surface area (TPSA) is 77.5 Å². The highest BCUT2D eigenvalue weighted by Gasteiger charge is 2.61. The lowest BCUT2D eigenvalue weighted by atomic mass is 10.1. The van der Waals surface area contributed by atoms with Crippen LogP contribution in [0.5, 0.6) is 0 Å². The maximum Gasteiger partial charge on any atom is 0.410 e. The number of amides is 1. The number of carbonyl (C=O) groups is 1. The van der Waals surface area contributed by atoms with E-state index < -0.39 is 30.1 Å². The summed E-state index contributed by atoms with van der Waals surface area (Å²) in [6.07, 6.45) is -1.86. The molecule has 126 valence electrons. The van der Waals surface area contributed by atoms with Crippen LogP contribution in [0.3, 0.4) is 0 Å². The Morgan fingerprint density at radius 1 is 1.35 bits per heavy atom. The van der Waals surface area contributed by atoms with Gasteiger partial charge >= 0.3 is 6.09 Å². The van der Waals surface area contributed by atoms with E-state index >= 15 is 0 Å². The molecule has 3 atom stereocenters. The van der Waals surface area contributed by atoms with Gasteiger partial charge in [0.25, 0.3) is 0 Å². The van der Waals surface area contributed by atoms with E-state index in [1.807, 2.05) is 30.3 Å². The van der Waals surface area contributed by atoms with Gasteiger partial charge in [-0.25, -0.2) is 4.79 Å². The summed E-state index contributed by atoms with van der Waals surface area (Å²) in [6, 6.07) is 8.86. The van der Waals surface area contributed by atoms with Crippen molar-refractivity contribution in [3.63, 3.8) is 0 Å². The predicted molar refractivity (Wildman–Crippen MR) is 79.6 cm³/mol. The summed E-state index contributed by atoms with van der Waals surface area (Å²) in [6.45, 7) is 0.434. The van der Waals surface area contributed by atoms with Crippen molar-refractivity contribution >= 4 is 6.09 Å². The molecule has 3 rings (SSSR count). The highest BCUT2D eigenvalue weighted by Crippen LogP contribution is 2.39. The maximum absolute atomic E-state index is 12.5. The fraction of sp³-hybridized carbons (Fsp3) is 0.562. The van der Waals surface area contributed by atoms with E-state index in [9.17, 15) is 9.90 Å². The highest BCUT2D eigenvalue weighted by atomic mass is 16.7. The van der Waals surface area contributed by atoms with Gasteiger partial charge in [0.05, 0.1) is 6.54 Å². The van der Waals surface area contributed by atoms with Gasteiger partial charge in [-0.05, 0) is 5.56 Å². The molecule has 2 saturated heterocycles. The summed E-state index contributed by atoms with van der Waals surface area (Å²) >= 11 is 0. The maximum atomic E-state index is 12.5. The molecule has 7 heteroatoms. The largest absolute Gasteiger partial charge is 0.445 e. The molecule has 1 aromatic rings. The Hall–Kier alpha value is -1.67. The van der Waals surface area contributed by atoms with Crippen molar-refractivity contribution in [2.45, 2.75) is 30.6 Å². The SMILES string of the molecule is COC1(OC)CO[C@@H]2C(O)CN(C(=O)OCc3ccccc3)[C@@H]21. The molecule has 2 heterocycles. The number of carbonyl (C=O) groups excluding carboxylic acids is 1. The van der Waals surface area contributed by atoms with Gasteiger partial charge < -0.3 is 24.1 Å². The van der Waals surface area contributed by atoms with Crippen LogP contribution < -0.4 is 0 Å². The molecule has 0 spiro atoms. The number of β-amino-alcohol motifs (C(OH)–C–C–N with tert-alkyl or cyclic N) is 1. The van der Waals surface area contributed by atoms with Crippen LogP contribution in [0.1, 0.15) is 5.56 Å². The number of aliphatic hydroxyl groups excluding tert-OH is 1. The summed E-state index contributed by atoms with van der Waals surface area (Å²) in [5.41, 5.74) is 0.893. The third-order valence-electron chi connectivity index (χ3n) is 4.47. The molecule has 0 aromatic heterocycles. The third kappa shape index (κ3) is 2.81. The molecule has 23 heavy (non-hydrogen) atoms. The van der Waals surface area contributed by atoms with E-state index in [1.165, 1.54) is 19.1 Å². The van der Waals surface area contributed by atoms with Gasteiger partial charge in [-0.2, -0.15) is 0 Å². The van der Waals surface area contributed by atoms with Crippen LogP contribution in [-0.2, 0) is 25.6 Å². The zero-order valence-corrected chi connectivity index (χ0v) is 13.2. The van der Waals surface area contributed by atoms with Gasteiger partial charge in [-0.3, -0.25) is 4.90 Å². The number of hydrogen-bond donors (Lipinski definition) is 1. The lowest BCUT2D eigenvalue weighted by Crippen LogP contribution is -2.55. The molecule has 0 bridgehead atoms. The van der Waals surface area contributed by atoms with Crippen molar-refractivity contribution in [3.05, 3.63) is 35.9 Å². The number of benzene rings is 1. The van der Waals surface area contributed by atoms with Crippen molar-refractivity contribution in [2.24, 2.45) is 0 Å². The van der Waals surface area contributed by atoms with Crippen molar-refractivity contribution in [1.29, 1.82) is 0 Å². The second-order valence-electron chi connectivity index (χ2n) is 5.70. The molecule has 1 amide bonds. The quantitative estimate of drug-likeness (QED) is 0.824. The Balaban J connectivity index is 1.72. The molecule has 1 unspecified atom stereocenters. The summed E-state index contributed by atoms with van der Waals surface area (Å²) in [7, 11) is 2.99. The van der Waals surface area contributed by atoms with Crippen molar-refractivity contribution in [1.82, 2.24) is 4.90 Å². The summed E-state index contributed by atoms with van der Waals surface area (Å²) in [5, 5.41) is 10.1. The molecule has 1 N–H and O–H groups in total. The molecule has 1 aromatic carbocycles. The van der Waals surface area contributed by atoms with E-state index in [0.717, 1.165) is 5.56 Å². The zero-order valence-electron chi connectivity index (χ0n) is 13.2. The van der Waals surface area contributed by atoms with Gasteiger partial charge in [-0.15, -0.1) is 0 Å². The number of rotatable bonds is 4. The van der Waals surface area contributed by atoms with Gasteiger partial charge in [-0.1, -0.05) is 30.3 Å². The molecule has 2 aliphatic heterocycles. The van der Waals surface area contributed by atoms with Crippen LogP contribution in [0.2, 0.25) is 0 Å². The normalized spacial score (nSPS) is 28.7. The molecule has 7 nitrogen and oxygen atoms in total. The number of aliphatic hydroxyl groups is 1. The standard InChI is InChI=1S/C16H21NO6/c1-20-16(21-2)10-23-13-12(18)8-17(14(13)16)15(19)22-9-11-6-4-3-5-7-11/h3-7,12-14,18H,8-10H2,1-2H3/t12?,13-,14+/m1/s1. The monoisotopic (exact) mass is 323 g/mol. The second-order valence-corrected chi connectivity index (χ2v) is 5.70. The molecule has 2 fully saturated rings. The Kier molecular flexibility index (Phi) is 4.54. The second kappa shape index (κ2) is 6.45. The van der Waals surface area contributed by atoms with Gasteiger partial charge in [0.2, 0.25) is 5.79 Å². The Morgan fingerprint density at radius 2 is 2.04 bits per heavy atom. The fourth-order valence-electron chi connectivity index (χ4n) is 3.23. The first-order valence-electron chi connectivity index (χ1n) is 7.48. The molecule has 2 aliphatic rings. The lowest BCUT2D eigenvalue weighted by molar-refractivity contribution is -0.224. The average Bonchev–Trinajstić information content (AvgIpc) is 3.13. The number of methoxy groups -OCH3 is 2. The van der Waals surface area contributed by atoms with Crippen molar-refractivity contribution in [2.75, 3.05) is 27.4 Å². The minimum absolute atomic E-state index is 0.122. The van der Waals surface area contributed by atoms with E-state index in [-0.39, 0.29) is 19.8 Å². The number of fused-ring (bicyclic) bond motifs is 1. The van der Waals surface area contributed by atoms with Crippen LogP contribution in [0, 0.1) is 0 Å². The summed E-state index contributed by atoms with van der Waals surface area (Å²) in [5.74, 6) is -1.09. The fourth-order valence-corrected chi connectivity index (χ4v) is 3.23. The number of nitrogens with zero attached hydrogens (tertiary/aromatic N) is 1. The Labute approximate surface area is 134 Å². The number of hydrogen-bond acceptors (Lipinski definition) is 6. The van der Waals surface area contributed by atoms with Crippen molar-refractivity contribution in [3.8, 4) is 0 Å². The summed E-state index contributed by atoms with van der Waals surface area (Å²) in [4.78, 5) is 13.9. The van der Waals surface area contributed by atoms with Crippen LogP contribution in [0.25, 0.3) is 0 Å². The van der Waals surface area contributed by atoms with Crippen LogP contribution in [0.4, 0.5) is 4.79 Å².